The minimum atomic E-state index is -0.354. The summed E-state index contributed by atoms with van der Waals surface area (Å²) in [5.74, 6) is 0.224. The number of anilines is 1. The third-order valence-corrected chi connectivity index (χ3v) is 2.58. The van der Waals surface area contributed by atoms with Crippen LogP contribution in [0.2, 0.25) is 0 Å². The minimum absolute atomic E-state index is 0.219. The molecule has 0 spiro atoms. The third kappa shape index (κ3) is 3.61. The van der Waals surface area contributed by atoms with Gasteiger partial charge in [0.25, 0.3) is 5.91 Å². The second-order valence-corrected chi connectivity index (χ2v) is 4.07. The van der Waals surface area contributed by atoms with Crippen LogP contribution in [0.3, 0.4) is 0 Å². The molecule has 0 atom stereocenters. The maximum Gasteiger partial charge on any atom is 0.267 e. The van der Waals surface area contributed by atoms with Crippen molar-refractivity contribution in [2.75, 3.05) is 18.9 Å². The first-order valence-corrected chi connectivity index (χ1v) is 6.11. The van der Waals surface area contributed by atoms with E-state index in [0.29, 0.717) is 18.0 Å². The number of nitrogens with two attached hydrogens (primary N) is 1. The molecule has 1 aromatic carbocycles. The lowest BCUT2D eigenvalue weighted by atomic mass is 10.3. The molecule has 0 aliphatic carbocycles. The summed E-state index contributed by atoms with van der Waals surface area (Å²) in [5.41, 5.74) is 6.17. The number of hydrogen-bond donors (Lipinski definition) is 3. The lowest BCUT2D eigenvalue weighted by molar-refractivity contribution is 0.0942. The molecule has 1 heterocycles. The van der Waals surface area contributed by atoms with Crippen LogP contribution in [-0.2, 0) is 0 Å². The molecule has 0 bridgehead atoms. The van der Waals surface area contributed by atoms with Crippen molar-refractivity contribution >= 4 is 11.6 Å². The van der Waals surface area contributed by atoms with Crippen molar-refractivity contribution in [2.24, 2.45) is 0 Å². The largest absolute Gasteiger partial charge is 0.490 e. The monoisotopic (exact) mass is 273 g/mol. The Morgan fingerprint density at radius 1 is 1.20 bits per heavy atom. The van der Waals surface area contributed by atoms with Crippen LogP contribution >= 0.6 is 0 Å². The third-order valence-electron chi connectivity index (χ3n) is 2.58. The van der Waals surface area contributed by atoms with E-state index in [1.807, 2.05) is 12.1 Å². The molecule has 2 rings (SSSR count). The highest BCUT2D eigenvalue weighted by atomic mass is 16.5. The molecule has 4 N–H and O–H groups in total. The van der Waals surface area contributed by atoms with Crippen molar-refractivity contribution in [1.82, 2.24) is 10.3 Å². The van der Waals surface area contributed by atoms with E-state index in [-0.39, 0.29) is 23.8 Å². The zero-order valence-electron chi connectivity index (χ0n) is 10.8. The Balaban J connectivity index is 1.80. The molecule has 0 saturated carbocycles. The number of H-pyrrole nitrogens is 1. The molecule has 1 amide bonds. The molecule has 0 aliphatic heterocycles. The van der Waals surface area contributed by atoms with Gasteiger partial charge in [-0.1, -0.05) is 18.2 Å². The highest BCUT2D eigenvalue weighted by molar-refractivity contribution is 5.92. The highest BCUT2D eigenvalue weighted by Crippen LogP contribution is 2.19. The van der Waals surface area contributed by atoms with Gasteiger partial charge in [-0.2, -0.15) is 0 Å². The van der Waals surface area contributed by atoms with E-state index in [9.17, 15) is 9.59 Å². The van der Waals surface area contributed by atoms with Crippen LogP contribution < -0.4 is 21.3 Å². The normalized spacial score (nSPS) is 10.0. The Hall–Kier alpha value is -2.76. The number of carbonyl (C=O) groups is 1. The molecule has 0 aliphatic rings. The summed E-state index contributed by atoms with van der Waals surface area (Å²) in [5, 5.41) is 2.64. The van der Waals surface area contributed by atoms with Crippen LogP contribution in [0.4, 0.5) is 5.69 Å². The number of hydrogen-bond acceptors (Lipinski definition) is 4. The van der Waals surface area contributed by atoms with Crippen molar-refractivity contribution in [3.05, 3.63) is 58.5 Å². The molecule has 2 aromatic rings. The van der Waals surface area contributed by atoms with Crippen LogP contribution in [0.25, 0.3) is 0 Å². The fraction of sp³-hybridized carbons (Fsp3) is 0.143. The maximum atomic E-state index is 11.7. The topological polar surface area (TPSA) is 97.2 Å². The SMILES string of the molecule is Nc1ccccc1OCCNC(=O)c1cccc(=O)[nH]1. The lowest BCUT2D eigenvalue weighted by Gasteiger charge is -2.09. The van der Waals surface area contributed by atoms with Crippen LogP contribution in [0, 0.1) is 0 Å². The van der Waals surface area contributed by atoms with Gasteiger partial charge in [0.2, 0.25) is 5.56 Å². The van der Waals surface area contributed by atoms with Crippen molar-refractivity contribution in [3.63, 3.8) is 0 Å². The summed E-state index contributed by atoms with van der Waals surface area (Å²) in [6.45, 7) is 0.598. The van der Waals surface area contributed by atoms with E-state index >= 15 is 0 Å². The summed E-state index contributed by atoms with van der Waals surface area (Å²) >= 11 is 0. The van der Waals surface area contributed by atoms with Crippen molar-refractivity contribution < 1.29 is 9.53 Å². The number of aromatic amines is 1. The predicted molar refractivity (Wildman–Crippen MR) is 75.7 cm³/mol. The number of para-hydroxylation sites is 2. The zero-order valence-corrected chi connectivity index (χ0v) is 10.8. The first kappa shape index (κ1) is 13.7. The van der Waals surface area contributed by atoms with Crippen LogP contribution in [0.5, 0.6) is 5.75 Å². The Bertz CT molecular complexity index is 652. The number of pyridine rings is 1. The van der Waals surface area contributed by atoms with Gasteiger partial charge >= 0.3 is 0 Å². The summed E-state index contributed by atoms with van der Waals surface area (Å²) in [4.78, 5) is 25.2. The smallest absolute Gasteiger partial charge is 0.267 e. The summed E-state index contributed by atoms with van der Waals surface area (Å²) < 4.78 is 5.44. The van der Waals surface area contributed by atoms with Gasteiger partial charge in [-0.05, 0) is 18.2 Å². The molecule has 0 fully saturated rings. The number of benzene rings is 1. The van der Waals surface area contributed by atoms with Crippen LogP contribution in [0.1, 0.15) is 10.5 Å². The van der Waals surface area contributed by atoms with Gasteiger partial charge in [-0.3, -0.25) is 9.59 Å². The number of carbonyl (C=O) groups excluding carboxylic acids is 1. The van der Waals surface area contributed by atoms with Gasteiger partial charge < -0.3 is 20.8 Å². The van der Waals surface area contributed by atoms with E-state index in [1.54, 1.807) is 12.1 Å². The number of amides is 1. The van der Waals surface area contributed by atoms with Crippen molar-refractivity contribution in [3.8, 4) is 5.75 Å². The zero-order chi connectivity index (χ0) is 14.4. The standard InChI is InChI=1S/C14H15N3O3/c15-10-4-1-2-6-12(10)20-9-8-16-14(19)11-5-3-7-13(18)17-11/h1-7H,8-9,15H2,(H,16,19)(H,17,18). The molecule has 6 heteroatoms. The minimum Gasteiger partial charge on any atom is -0.490 e. The highest BCUT2D eigenvalue weighted by Gasteiger charge is 2.05. The fourth-order valence-corrected chi connectivity index (χ4v) is 1.61. The first-order valence-electron chi connectivity index (χ1n) is 6.11. The van der Waals surface area contributed by atoms with Gasteiger partial charge in [0, 0.05) is 6.07 Å². The first-order chi connectivity index (χ1) is 9.66. The van der Waals surface area contributed by atoms with Crippen LogP contribution in [0.15, 0.2) is 47.3 Å². The lowest BCUT2D eigenvalue weighted by Crippen LogP contribution is -2.30. The van der Waals surface area contributed by atoms with E-state index < -0.39 is 0 Å². The van der Waals surface area contributed by atoms with Gasteiger partial charge in [0.15, 0.2) is 0 Å². The van der Waals surface area contributed by atoms with Gasteiger partial charge in [-0.25, -0.2) is 0 Å². The Kier molecular flexibility index (Phi) is 4.39. The van der Waals surface area contributed by atoms with E-state index in [2.05, 4.69) is 10.3 Å². The predicted octanol–water partition coefficient (Wildman–Crippen LogP) is 0.766. The van der Waals surface area contributed by atoms with Gasteiger partial charge in [0.1, 0.15) is 18.1 Å². The average molecular weight is 273 g/mol. The van der Waals surface area contributed by atoms with E-state index in [0.717, 1.165) is 0 Å². The number of aromatic nitrogens is 1. The van der Waals surface area contributed by atoms with E-state index in [4.69, 9.17) is 10.5 Å². The van der Waals surface area contributed by atoms with Gasteiger partial charge in [0.05, 0.1) is 12.2 Å². The molecule has 0 unspecified atom stereocenters. The van der Waals surface area contributed by atoms with Crippen LogP contribution in [-0.4, -0.2) is 24.0 Å². The summed E-state index contributed by atoms with van der Waals surface area (Å²) in [7, 11) is 0. The number of ether oxygens (including phenoxy) is 1. The van der Waals surface area contributed by atoms with E-state index in [1.165, 1.54) is 18.2 Å². The molecular formula is C14H15N3O3. The second-order valence-electron chi connectivity index (χ2n) is 4.07. The number of nitrogens with one attached hydrogen (secondary N) is 2. The quantitative estimate of drug-likeness (QED) is 0.553. The Morgan fingerprint density at radius 3 is 2.75 bits per heavy atom. The van der Waals surface area contributed by atoms with Gasteiger partial charge in [-0.15, -0.1) is 0 Å². The second kappa shape index (κ2) is 6.42. The molecule has 6 nitrogen and oxygen atoms in total. The number of nitrogen functional groups attached to an aromatic ring is 1. The molecule has 20 heavy (non-hydrogen) atoms. The number of rotatable bonds is 5. The molecule has 1 aromatic heterocycles. The molecule has 0 radical (unpaired) electrons. The fourth-order valence-electron chi connectivity index (χ4n) is 1.61. The molecular weight excluding hydrogens is 258 g/mol. The summed E-state index contributed by atoms with van der Waals surface area (Å²) in [6.07, 6.45) is 0. The average Bonchev–Trinajstić information content (AvgIpc) is 2.45. The summed E-state index contributed by atoms with van der Waals surface area (Å²) in [6, 6.07) is 11.5. The van der Waals surface area contributed by atoms with Crippen molar-refractivity contribution in [1.29, 1.82) is 0 Å². The molecule has 104 valence electrons. The van der Waals surface area contributed by atoms with Crippen molar-refractivity contribution in [2.45, 2.75) is 0 Å². The Morgan fingerprint density at radius 2 is 2.00 bits per heavy atom. The Labute approximate surface area is 115 Å². The maximum absolute atomic E-state index is 11.7. The molecule has 0 saturated heterocycles.